The van der Waals surface area contributed by atoms with Crippen LogP contribution in [0.3, 0.4) is 0 Å². The van der Waals surface area contributed by atoms with Crippen molar-refractivity contribution in [2.24, 2.45) is 7.05 Å². The standard InChI is InChI=1S/C23H25BCl2N2O4/c1-22(2)23(3,4)32-24(31-22)17-13-15(25)12-16(20(17)30-6)14-7-8-19(18(26)11-14)28-10-9-27(5)21(28)29/h7-13H,1-6H3. The molecule has 168 valence electrons. The van der Waals surface area contributed by atoms with Crippen LogP contribution in [0.1, 0.15) is 27.7 Å². The van der Waals surface area contributed by atoms with E-state index in [1.54, 1.807) is 44.8 Å². The van der Waals surface area contributed by atoms with Gasteiger partial charge in [-0.15, -0.1) is 0 Å². The lowest BCUT2D eigenvalue weighted by Crippen LogP contribution is -2.41. The Kier molecular flexibility index (Phi) is 5.74. The van der Waals surface area contributed by atoms with Crippen molar-refractivity contribution in [2.75, 3.05) is 7.11 Å². The van der Waals surface area contributed by atoms with Gasteiger partial charge in [0.05, 0.1) is 29.0 Å². The quantitative estimate of drug-likeness (QED) is 0.524. The van der Waals surface area contributed by atoms with Crippen molar-refractivity contribution in [3.8, 4) is 22.6 Å². The third-order valence-electron chi connectivity index (χ3n) is 6.26. The van der Waals surface area contributed by atoms with Crippen molar-refractivity contribution in [3.05, 3.63) is 63.3 Å². The average Bonchev–Trinajstić information content (AvgIpc) is 3.15. The van der Waals surface area contributed by atoms with E-state index in [2.05, 4.69) is 0 Å². The predicted molar refractivity (Wildman–Crippen MR) is 129 cm³/mol. The molecule has 1 aromatic heterocycles. The summed E-state index contributed by atoms with van der Waals surface area (Å²) in [6, 6.07) is 9.08. The maximum absolute atomic E-state index is 12.3. The first-order chi connectivity index (χ1) is 14.9. The van der Waals surface area contributed by atoms with Crippen LogP contribution in [0.25, 0.3) is 16.8 Å². The summed E-state index contributed by atoms with van der Waals surface area (Å²) in [5, 5.41) is 0.944. The fourth-order valence-corrected chi connectivity index (χ4v) is 4.22. The summed E-state index contributed by atoms with van der Waals surface area (Å²) in [7, 11) is 2.65. The molecule has 0 radical (unpaired) electrons. The number of ether oxygens (including phenoxy) is 1. The number of hydrogen-bond donors (Lipinski definition) is 0. The van der Waals surface area contributed by atoms with Gasteiger partial charge in [0.25, 0.3) is 0 Å². The molecule has 2 aromatic carbocycles. The molecule has 0 aliphatic carbocycles. The Hall–Kier alpha value is -2.19. The van der Waals surface area contributed by atoms with Crippen molar-refractivity contribution in [3.63, 3.8) is 0 Å². The molecule has 3 aromatic rings. The minimum absolute atomic E-state index is 0.178. The number of nitrogens with zero attached hydrogens (tertiary/aromatic N) is 2. The number of rotatable bonds is 4. The monoisotopic (exact) mass is 474 g/mol. The van der Waals surface area contributed by atoms with Crippen LogP contribution in [-0.2, 0) is 16.4 Å². The number of halogens is 2. The van der Waals surface area contributed by atoms with Crippen LogP contribution < -0.4 is 15.9 Å². The molecule has 1 aliphatic heterocycles. The lowest BCUT2D eigenvalue weighted by Gasteiger charge is -2.32. The second-order valence-electron chi connectivity index (χ2n) is 8.89. The van der Waals surface area contributed by atoms with Crippen LogP contribution in [0.2, 0.25) is 10.0 Å². The first kappa shape index (κ1) is 23.0. The van der Waals surface area contributed by atoms with Crippen LogP contribution in [0, 0.1) is 0 Å². The first-order valence-corrected chi connectivity index (χ1v) is 11.0. The van der Waals surface area contributed by atoms with Crippen molar-refractivity contribution < 1.29 is 14.0 Å². The Balaban J connectivity index is 1.81. The van der Waals surface area contributed by atoms with Gasteiger partial charge in [-0.1, -0.05) is 29.3 Å². The van der Waals surface area contributed by atoms with E-state index < -0.39 is 18.3 Å². The fourth-order valence-electron chi connectivity index (χ4n) is 3.72. The maximum atomic E-state index is 12.3. The Labute approximate surface area is 197 Å². The molecule has 2 heterocycles. The summed E-state index contributed by atoms with van der Waals surface area (Å²) in [6.07, 6.45) is 3.36. The molecule has 0 spiro atoms. The number of methoxy groups -OCH3 is 1. The van der Waals surface area contributed by atoms with Gasteiger partial charge >= 0.3 is 12.8 Å². The van der Waals surface area contributed by atoms with Gasteiger partial charge in [0, 0.05) is 35.5 Å². The topological polar surface area (TPSA) is 54.6 Å². The maximum Gasteiger partial charge on any atom is 0.498 e. The number of benzene rings is 2. The van der Waals surface area contributed by atoms with Crippen molar-refractivity contribution in [1.82, 2.24) is 9.13 Å². The lowest BCUT2D eigenvalue weighted by atomic mass is 9.76. The zero-order valence-electron chi connectivity index (χ0n) is 18.9. The Bertz CT molecular complexity index is 1230. The molecule has 32 heavy (non-hydrogen) atoms. The number of imidazole rings is 1. The molecule has 0 amide bonds. The van der Waals surface area contributed by atoms with Crippen LogP contribution >= 0.6 is 23.2 Å². The first-order valence-electron chi connectivity index (χ1n) is 10.2. The minimum Gasteiger partial charge on any atom is -0.496 e. The van der Waals surface area contributed by atoms with E-state index in [1.807, 2.05) is 39.8 Å². The van der Waals surface area contributed by atoms with Crippen molar-refractivity contribution in [1.29, 1.82) is 0 Å². The van der Waals surface area contributed by atoms with Gasteiger partial charge < -0.3 is 18.6 Å². The Morgan fingerprint density at radius 2 is 1.66 bits per heavy atom. The molecule has 0 bridgehead atoms. The summed E-state index contributed by atoms with van der Waals surface area (Å²) in [4.78, 5) is 12.3. The molecule has 0 unspecified atom stereocenters. The molecule has 6 nitrogen and oxygen atoms in total. The predicted octanol–water partition coefficient (Wildman–Crippen LogP) is 4.46. The van der Waals surface area contributed by atoms with Gasteiger partial charge in [-0.3, -0.25) is 4.57 Å². The van der Waals surface area contributed by atoms with E-state index in [0.717, 1.165) is 11.1 Å². The summed E-state index contributed by atoms with van der Waals surface area (Å²) in [5.74, 6) is 0.591. The lowest BCUT2D eigenvalue weighted by molar-refractivity contribution is 0.00578. The number of aromatic nitrogens is 2. The average molecular weight is 475 g/mol. The fraction of sp³-hybridized carbons (Fsp3) is 0.348. The van der Waals surface area contributed by atoms with Gasteiger partial charge in [-0.2, -0.15) is 0 Å². The normalized spacial score (nSPS) is 17.1. The summed E-state index contributed by atoms with van der Waals surface area (Å²) < 4.78 is 21.2. The highest BCUT2D eigenvalue weighted by atomic mass is 35.5. The molecule has 4 rings (SSSR count). The van der Waals surface area contributed by atoms with Gasteiger partial charge in [-0.25, -0.2) is 4.79 Å². The highest BCUT2D eigenvalue weighted by Crippen LogP contribution is 2.40. The van der Waals surface area contributed by atoms with Gasteiger partial charge in [0.15, 0.2) is 0 Å². The van der Waals surface area contributed by atoms with Crippen LogP contribution in [0.5, 0.6) is 5.75 Å². The molecule has 0 atom stereocenters. The molecule has 0 saturated carbocycles. The summed E-state index contributed by atoms with van der Waals surface area (Å²) >= 11 is 13.1. The second-order valence-corrected chi connectivity index (χ2v) is 9.74. The number of hydrogen-bond acceptors (Lipinski definition) is 4. The third kappa shape index (κ3) is 3.77. The van der Waals surface area contributed by atoms with Crippen LogP contribution in [0.4, 0.5) is 0 Å². The van der Waals surface area contributed by atoms with E-state index >= 15 is 0 Å². The molecular weight excluding hydrogens is 450 g/mol. The van der Waals surface area contributed by atoms with Crippen LogP contribution in [-0.4, -0.2) is 34.6 Å². The zero-order chi connectivity index (χ0) is 23.4. The minimum atomic E-state index is -0.634. The molecule has 1 fully saturated rings. The van der Waals surface area contributed by atoms with E-state index in [-0.39, 0.29) is 5.69 Å². The van der Waals surface area contributed by atoms with E-state index in [4.69, 9.17) is 37.2 Å². The molecule has 1 aliphatic rings. The molecule has 0 N–H and O–H groups in total. The van der Waals surface area contributed by atoms with Crippen molar-refractivity contribution >= 4 is 35.8 Å². The molecular formula is C23H25BCl2N2O4. The van der Waals surface area contributed by atoms with Gasteiger partial charge in [0.1, 0.15) is 5.75 Å². The third-order valence-corrected chi connectivity index (χ3v) is 6.78. The highest BCUT2D eigenvalue weighted by molar-refractivity contribution is 6.63. The summed E-state index contributed by atoms with van der Waals surface area (Å²) in [6.45, 7) is 7.98. The molecule has 1 saturated heterocycles. The zero-order valence-corrected chi connectivity index (χ0v) is 20.4. The second kappa shape index (κ2) is 7.99. The van der Waals surface area contributed by atoms with E-state index in [1.165, 1.54) is 9.13 Å². The largest absolute Gasteiger partial charge is 0.498 e. The summed E-state index contributed by atoms with van der Waals surface area (Å²) in [5.41, 5.74) is 1.65. The molecule has 9 heteroatoms. The number of aryl methyl sites for hydroxylation is 1. The Morgan fingerprint density at radius 3 is 2.19 bits per heavy atom. The van der Waals surface area contributed by atoms with Gasteiger partial charge in [0.2, 0.25) is 0 Å². The SMILES string of the molecule is COc1c(B2OC(C)(C)C(C)(C)O2)cc(Cl)cc1-c1ccc(-n2ccn(C)c2=O)c(Cl)c1. The van der Waals surface area contributed by atoms with Crippen molar-refractivity contribution in [2.45, 2.75) is 38.9 Å². The van der Waals surface area contributed by atoms with E-state index in [9.17, 15) is 4.79 Å². The van der Waals surface area contributed by atoms with E-state index in [0.29, 0.717) is 26.9 Å². The smallest absolute Gasteiger partial charge is 0.496 e. The van der Waals surface area contributed by atoms with Gasteiger partial charge in [-0.05, 0) is 57.5 Å². The highest BCUT2D eigenvalue weighted by Gasteiger charge is 2.52. The Morgan fingerprint density at radius 1 is 1.00 bits per heavy atom. The van der Waals surface area contributed by atoms with Crippen LogP contribution in [0.15, 0.2) is 47.5 Å².